The molecular weight excluding hydrogens is 412 g/mol. The average Bonchev–Trinajstić information content (AvgIpc) is 2.57. The zero-order valence-corrected chi connectivity index (χ0v) is 19.1. The molecule has 0 N–H and O–H groups in total. The molecule has 146 valence electrons. The topological polar surface area (TPSA) is 43.8 Å². The summed E-state index contributed by atoms with van der Waals surface area (Å²) in [6, 6.07) is 2.51. The first-order chi connectivity index (χ1) is 12.2. The maximum atomic E-state index is 6.25. The Hall–Kier alpha value is -0.473. The smallest absolute Gasteiger partial charge is 0.192 e. The fourth-order valence-electron chi connectivity index (χ4n) is 3.29. The molecule has 1 fully saturated rings. The fourth-order valence-corrected chi connectivity index (χ4v) is 4.64. The first kappa shape index (κ1) is 20.3. The Balaban J connectivity index is 1.65. The molecule has 1 saturated heterocycles. The molecule has 0 radical (unpaired) electrons. The van der Waals surface area contributed by atoms with E-state index < -0.39 is 8.32 Å². The third-order valence-electron chi connectivity index (χ3n) is 5.86. The lowest BCUT2D eigenvalue weighted by molar-refractivity contribution is -0.000789. The number of ether oxygens (including phenoxy) is 2. The van der Waals surface area contributed by atoms with E-state index in [0.717, 1.165) is 36.3 Å². The van der Waals surface area contributed by atoms with Crippen molar-refractivity contribution in [3.63, 3.8) is 0 Å². The largest absolute Gasteiger partial charge is 0.414 e. The summed E-state index contributed by atoms with van der Waals surface area (Å²) < 4.78 is 19.2. The van der Waals surface area contributed by atoms with Crippen LogP contribution >= 0.6 is 15.9 Å². The highest BCUT2D eigenvalue weighted by molar-refractivity contribution is 9.10. The van der Waals surface area contributed by atoms with Gasteiger partial charge in [-0.05, 0) is 40.1 Å². The van der Waals surface area contributed by atoms with Crippen LogP contribution in [0.2, 0.25) is 18.1 Å². The van der Waals surface area contributed by atoms with Gasteiger partial charge >= 0.3 is 0 Å². The van der Waals surface area contributed by atoms with Crippen LogP contribution in [0.4, 0.5) is 5.69 Å². The van der Waals surface area contributed by atoms with E-state index in [4.69, 9.17) is 13.9 Å². The molecule has 2 aliphatic rings. The highest BCUT2D eigenvalue weighted by Gasteiger charge is 2.38. The van der Waals surface area contributed by atoms with E-state index in [9.17, 15) is 0 Å². The van der Waals surface area contributed by atoms with E-state index in [-0.39, 0.29) is 11.1 Å². The van der Waals surface area contributed by atoms with Crippen molar-refractivity contribution < 1.29 is 13.9 Å². The number of fused-ring (bicyclic) bond motifs is 3. The molecule has 2 unspecified atom stereocenters. The van der Waals surface area contributed by atoms with Crippen LogP contribution in [0.1, 0.15) is 39.0 Å². The number of anilines is 1. The summed E-state index contributed by atoms with van der Waals surface area (Å²) in [7, 11) is -1.73. The highest BCUT2D eigenvalue weighted by atomic mass is 79.9. The maximum absolute atomic E-state index is 6.25. The standard InChI is InChI=1S/C19H31BrN2O3Si/c1-19(2,3)26(4,5)25-9-8-24-17-11-15-13-23-7-6-22(15)16-10-14(20)12-21-18(16)17/h10,12,15,17H,6-9,11,13H2,1-5H3. The number of hydrogen-bond donors (Lipinski definition) is 0. The van der Waals surface area contributed by atoms with Crippen LogP contribution in [-0.4, -0.2) is 52.3 Å². The number of hydrogen-bond acceptors (Lipinski definition) is 5. The molecule has 3 heterocycles. The second-order valence-electron chi connectivity index (χ2n) is 8.68. The maximum Gasteiger partial charge on any atom is 0.192 e. The lowest BCUT2D eigenvalue weighted by atomic mass is 9.96. The van der Waals surface area contributed by atoms with Crippen molar-refractivity contribution in [2.75, 3.05) is 37.9 Å². The molecule has 2 atom stereocenters. The van der Waals surface area contributed by atoms with Crippen molar-refractivity contribution in [1.29, 1.82) is 0 Å². The van der Waals surface area contributed by atoms with Crippen LogP contribution in [0, 0.1) is 0 Å². The van der Waals surface area contributed by atoms with E-state index in [1.54, 1.807) is 0 Å². The van der Waals surface area contributed by atoms with Gasteiger partial charge in [0, 0.05) is 23.6 Å². The van der Waals surface area contributed by atoms with Gasteiger partial charge in [-0.25, -0.2) is 0 Å². The number of halogens is 1. The van der Waals surface area contributed by atoms with Gasteiger partial charge in [-0.15, -0.1) is 0 Å². The molecule has 0 spiro atoms. The molecule has 2 aliphatic heterocycles. The van der Waals surface area contributed by atoms with Crippen molar-refractivity contribution in [2.45, 2.75) is 57.5 Å². The predicted molar refractivity (Wildman–Crippen MR) is 110 cm³/mol. The van der Waals surface area contributed by atoms with Gasteiger partial charge in [0.2, 0.25) is 0 Å². The average molecular weight is 443 g/mol. The summed E-state index contributed by atoms with van der Waals surface area (Å²) in [6.07, 6.45) is 2.79. The summed E-state index contributed by atoms with van der Waals surface area (Å²) in [4.78, 5) is 7.09. The van der Waals surface area contributed by atoms with Crippen molar-refractivity contribution in [3.8, 4) is 0 Å². The second-order valence-corrected chi connectivity index (χ2v) is 14.4. The minimum absolute atomic E-state index is 0.00376. The van der Waals surface area contributed by atoms with Gasteiger partial charge in [0.1, 0.15) is 6.10 Å². The third kappa shape index (κ3) is 4.33. The van der Waals surface area contributed by atoms with Gasteiger partial charge < -0.3 is 18.8 Å². The molecule has 0 aliphatic carbocycles. The van der Waals surface area contributed by atoms with Gasteiger partial charge in [0.15, 0.2) is 8.32 Å². The van der Waals surface area contributed by atoms with Crippen LogP contribution in [0.25, 0.3) is 0 Å². The molecule has 0 bridgehead atoms. The summed E-state index contributed by atoms with van der Waals surface area (Å²) in [5.74, 6) is 0. The Morgan fingerprint density at radius 2 is 2.12 bits per heavy atom. The van der Waals surface area contributed by atoms with Crippen LogP contribution in [0.3, 0.4) is 0 Å². The van der Waals surface area contributed by atoms with Crippen molar-refractivity contribution in [2.24, 2.45) is 0 Å². The third-order valence-corrected chi connectivity index (χ3v) is 10.8. The molecule has 0 amide bonds. The van der Waals surface area contributed by atoms with Crippen LogP contribution in [0.15, 0.2) is 16.7 Å². The van der Waals surface area contributed by atoms with E-state index in [1.165, 1.54) is 5.69 Å². The quantitative estimate of drug-likeness (QED) is 0.494. The molecule has 7 heteroatoms. The van der Waals surface area contributed by atoms with E-state index in [1.807, 2.05) is 6.20 Å². The lowest BCUT2D eigenvalue weighted by Gasteiger charge is -2.44. The zero-order valence-electron chi connectivity index (χ0n) is 16.5. The molecule has 3 rings (SSSR count). The second kappa shape index (κ2) is 7.87. The number of morpholine rings is 1. The Bertz CT molecular complexity index is 636. The van der Waals surface area contributed by atoms with Crippen LogP contribution in [-0.2, 0) is 13.9 Å². The Kier molecular flexibility index (Phi) is 6.14. The SMILES string of the molecule is CC(C)(C)[Si](C)(C)OCCOC1CC2COCCN2c2cc(Br)cnc21. The number of nitrogens with zero attached hydrogens (tertiary/aromatic N) is 2. The number of pyridine rings is 1. The summed E-state index contributed by atoms with van der Waals surface area (Å²) in [6.45, 7) is 15.0. The summed E-state index contributed by atoms with van der Waals surface area (Å²) in [5.41, 5.74) is 2.22. The van der Waals surface area contributed by atoms with Crippen molar-refractivity contribution in [1.82, 2.24) is 4.98 Å². The monoisotopic (exact) mass is 442 g/mol. The first-order valence-corrected chi connectivity index (χ1v) is 13.1. The van der Waals surface area contributed by atoms with Crippen LogP contribution < -0.4 is 4.90 Å². The van der Waals surface area contributed by atoms with Gasteiger partial charge in [-0.2, -0.15) is 0 Å². The van der Waals surface area contributed by atoms with Crippen molar-refractivity contribution in [3.05, 3.63) is 22.4 Å². The highest BCUT2D eigenvalue weighted by Crippen LogP contribution is 2.40. The van der Waals surface area contributed by atoms with E-state index >= 15 is 0 Å². The molecule has 5 nitrogen and oxygen atoms in total. The van der Waals surface area contributed by atoms with Gasteiger partial charge in [0.25, 0.3) is 0 Å². The molecule has 1 aromatic heterocycles. The summed E-state index contributed by atoms with van der Waals surface area (Å²) >= 11 is 3.55. The molecule has 0 saturated carbocycles. The first-order valence-electron chi connectivity index (χ1n) is 9.44. The Morgan fingerprint density at radius 3 is 2.85 bits per heavy atom. The number of aromatic nitrogens is 1. The fraction of sp³-hybridized carbons (Fsp3) is 0.737. The van der Waals surface area contributed by atoms with E-state index in [0.29, 0.717) is 19.3 Å². The van der Waals surface area contributed by atoms with Gasteiger partial charge in [-0.3, -0.25) is 4.98 Å². The van der Waals surface area contributed by atoms with Crippen LogP contribution in [0.5, 0.6) is 0 Å². The minimum Gasteiger partial charge on any atom is -0.414 e. The minimum atomic E-state index is -1.73. The summed E-state index contributed by atoms with van der Waals surface area (Å²) in [5, 5.41) is 0.220. The molecule has 26 heavy (non-hydrogen) atoms. The normalized spacial score (nSPS) is 23.5. The zero-order chi connectivity index (χ0) is 18.9. The van der Waals surface area contributed by atoms with Gasteiger partial charge in [-0.1, -0.05) is 20.8 Å². The van der Waals surface area contributed by atoms with Gasteiger partial charge in [0.05, 0.1) is 43.9 Å². The predicted octanol–water partition coefficient (Wildman–Crippen LogP) is 4.53. The lowest BCUT2D eigenvalue weighted by Crippen LogP contribution is -2.49. The van der Waals surface area contributed by atoms with E-state index in [2.05, 4.69) is 65.7 Å². The molecule has 1 aromatic rings. The Labute approximate surface area is 166 Å². The Morgan fingerprint density at radius 1 is 1.35 bits per heavy atom. The van der Waals surface area contributed by atoms with Crippen molar-refractivity contribution >= 4 is 29.9 Å². The molecule has 0 aromatic carbocycles. The molecular formula is C19H31BrN2O3Si. The number of rotatable bonds is 5.